The molecular weight excluding hydrogens is 230 g/mol. The lowest BCUT2D eigenvalue weighted by Gasteiger charge is -2.11. The quantitative estimate of drug-likeness (QED) is 0.804. The molecule has 1 aromatic carbocycles. The number of thiophene rings is 1. The minimum Gasteiger partial charge on any atom is -0.376 e. The minimum absolute atomic E-state index is 0.735. The molecule has 0 amide bonds. The Bertz CT molecular complexity index is 490. The van der Waals surface area contributed by atoms with Crippen LogP contribution in [0.15, 0.2) is 24.3 Å². The molecule has 1 aromatic heterocycles. The van der Waals surface area contributed by atoms with E-state index in [1.54, 1.807) is 0 Å². The first kappa shape index (κ1) is 12.6. The van der Waals surface area contributed by atoms with Gasteiger partial charge in [0.1, 0.15) is 0 Å². The van der Waals surface area contributed by atoms with Crippen LogP contribution in [0.1, 0.15) is 17.4 Å². The summed E-state index contributed by atoms with van der Waals surface area (Å²) < 4.78 is 6.92. The maximum Gasteiger partial charge on any atom is 0.0812 e. The third kappa shape index (κ3) is 2.86. The van der Waals surface area contributed by atoms with E-state index in [9.17, 15) is 0 Å². The maximum absolute atomic E-state index is 5.56. The van der Waals surface area contributed by atoms with E-state index in [1.807, 2.05) is 18.3 Å². The zero-order chi connectivity index (χ0) is 12.3. The van der Waals surface area contributed by atoms with Crippen molar-refractivity contribution in [2.24, 2.45) is 0 Å². The van der Waals surface area contributed by atoms with Gasteiger partial charge in [0.15, 0.2) is 0 Å². The standard InChI is InChI=1S/C14H19NOS/c1-4-16-10-14-12(9-15(2)3)11-7-5-6-8-13(11)17-14/h5-8H,4,9-10H2,1-3H3. The molecule has 2 nitrogen and oxygen atoms in total. The highest BCUT2D eigenvalue weighted by molar-refractivity contribution is 7.19. The zero-order valence-electron chi connectivity index (χ0n) is 10.7. The van der Waals surface area contributed by atoms with Crippen molar-refractivity contribution in [2.75, 3.05) is 20.7 Å². The molecule has 0 radical (unpaired) electrons. The third-order valence-electron chi connectivity index (χ3n) is 2.69. The van der Waals surface area contributed by atoms with Crippen LogP contribution in [-0.4, -0.2) is 25.6 Å². The number of fused-ring (bicyclic) bond motifs is 1. The molecule has 0 atom stereocenters. The third-order valence-corrected chi connectivity index (χ3v) is 3.88. The summed E-state index contributed by atoms with van der Waals surface area (Å²) in [6.07, 6.45) is 0. The fourth-order valence-electron chi connectivity index (χ4n) is 1.95. The van der Waals surface area contributed by atoms with E-state index in [0.717, 1.165) is 19.8 Å². The molecule has 0 saturated heterocycles. The van der Waals surface area contributed by atoms with Crippen LogP contribution in [0.3, 0.4) is 0 Å². The van der Waals surface area contributed by atoms with Crippen molar-refractivity contribution in [3.8, 4) is 0 Å². The number of hydrogen-bond acceptors (Lipinski definition) is 3. The summed E-state index contributed by atoms with van der Waals surface area (Å²) in [5, 5.41) is 1.38. The van der Waals surface area contributed by atoms with Gasteiger partial charge in [-0.3, -0.25) is 0 Å². The molecule has 3 heteroatoms. The Hall–Kier alpha value is -0.900. The highest BCUT2D eigenvalue weighted by Gasteiger charge is 2.12. The van der Waals surface area contributed by atoms with Gasteiger partial charge < -0.3 is 9.64 Å². The van der Waals surface area contributed by atoms with Crippen molar-refractivity contribution in [1.29, 1.82) is 0 Å². The first-order chi connectivity index (χ1) is 8.22. The van der Waals surface area contributed by atoms with Gasteiger partial charge in [-0.2, -0.15) is 0 Å². The van der Waals surface area contributed by atoms with Crippen LogP contribution in [0, 0.1) is 0 Å². The summed E-state index contributed by atoms with van der Waals surface area (Å²) in [5.74, 6) is 0. The van der Waals surface area contributed by atoms with Crippen LogP contribution in [0.25, 0.3) is 10.1 Å². The second-order valence-corrected chi connectivity index (χ2v) is 5.51. The SMILES string of the molecule is CCOCc1sc2ccccc2c1CN(C)C. The predicted octanol–water partition coefficient (Wildman–Crippen LogP) is 3.50. The van der Waals surface area contributed by atoms with E-state index in [1.165, 1.54) is 20.5 Å². The van der Waals surface area contributed by atoms with E-state index in [4.69, 9.17) is 4.74 Å². The topological polar surface area (TPSA) is 12.5 Å². The fraction of sp³-hybridized carbons (Fsp3) is 0.429. The smallest absolute Gasteiger partial charge is 0.0812 e. The largest absolute Gasteiger partial charge is 0.376 e. The van der Waals surface area contributed by atoms with E-state index in [2.05, 4.69) is 43.3 Å². The molecule has 1 heterocycles. The highest BCUT2D eigenvalue weighted by atomic mass is 32.1. The van der Waals surface area contributed by atoms with Crippen molar-refractivity contribution in [3.63, 3.8) is 0 Å². The maximum atomic E-state index is 5.56. The van der Waals surface area contributed by atoms with E-state index in [-0.39, 0.29) is 0 Å². The minimum atomic E-state index is 0.735. The molecule has 0 bridgehead atoms. The molecule has 17 heavy (non-hydrogen) atoms. The Morgan fingerprint density at radius 1 is 1.24 bits per heavy atom. The lowest BCUT2D eigenvalue weighted by atomic mass is 10.1. The molecule has 0 fully saturated rings. The summed E-state index contributed by atoms with van der Waals surface area (Å²) in [5.41, 5.74) is 1.42. The van der Waals surface area contributed by atoms with Crippen LogP contribution in [0.5, 0.6) is 0 Å². The summed E-state index contributed by atoms with van der Waals surface area (Å²) in [6.45, 7) is 4.53. The van der Waals surface area contributed by atoms with Crippen molar-refractivity contribution in [2.45, 2.75) is 20.1 Å². The van der Waals surface area contributed by atoms with Crippen LogP contribution < -0.4 is 0 Å². The normalized spacial score (nSPS) is 11.5. The Kier molecular flexibility index (Phi) is 4.15. The number of rotatable bonds is 5. The average Bonchev–Trinajstić information content (AvgIpc) is 2.64. The van der Waals surface area contributed by atoms with Crippen LogP contribution >= 0.6 is 11.3 Å². The molecule has 0 aliphatic rings. The van der Waals surface area contributed by atoms with Gasteiger partial charge in [-0.1, -0.05) is 18.2 Å². The Morgan fingerprint density at radius 3 is 2.71 bits per heavy atom. The molecule has 0 spiro atoms. The van der Waals surface area contributed by atoms with Gasteiger partial charge in [-0.25, -0.2) is 0 Å². The molecule has 0 saturated carbocycles. The molecule has 2 aromatic rings. The highest BCUT2D eigenvalue weighted by Crippen LogP contribution is 2.32. The molecule has 0 aliphatic carbocycles. The van der Waals surface area contributed by atoms with Gasteiger partial charge in [0.05, 0.1) is 6.61 Å². The first-order valence-corrected chi connectivity index (χ1v) is 6.75. The molecule has 2 rings (SSSR count). The van der Waals surface area contributed by atoms with Crippen LogP contribution in [0.4, 0.5) is 0 Å². The molecule has 0 unspecified atom stereocenters. The van der Waals surface area contributed by atoms with Crippen LogP contribution in [-0.2, 0) is 17.9 Å². The van der Waals surface area contributed by atoms with E-state index in [0.29, 0.717) is 0 Å². The average molecular weight is 249 g/mol. The first-order valence-electron chi connectivity index (χ1n) is 5.94. The van der Waals surface area contributed by atoms with Gasteiger partial charge in [-0.05, 0) is 38.0 Å². The molecule has 0 N–H and O–H groups in total. The molecular formula is C14H19NOS. The monoisotopic (exact) mass is 249 g/mol. The van der Waals surface area contributed by atoms with E-state index < -0.39 is 0 Å². The number of hydrogen-bond donors (Lipinski definition) is 0. The zero-order valence-corrected chi connectivity index (χ0v) is 11.5. The van der Waals surface area contributed by atoms with Gasteiger partial charge in [0.25, 0.3) is 0 Å². The summed E-state index contributed by atoms with van der Waals surface area (Å²) >= 11 is 1.85. The Balaban J connectivity index is 2.41. The second kappa shape index (κ2) is 5.63. The van der Waals surface area contributed by atoms with E-state index >= 15 is 0 Å². The van der Waals surface area contributed by atoms with Crippen molar-refractivity contribution in [3.05, 3.63) is 34.7 Å². The van der Waals surface area contributed by atoms with Gasteiger partial charge in [0.2, 0.25) is 0 Å². The number of benzene rings is 1. The summed E-state index contributed by atoms with van der Waals surface area (Å²) in [4.78, 5) is 3.57. The number of ether oxygens (including phenoxy) is 1. The Labute approximate surface area is 107 Å². The Morgan fingerprint density at radius 2 is 2.00 bits per heavy atom. The predicted molar refractivity (Wildman–Crippen MR) is 74.5 cm³/mol. The van der Waals surface area contributed by atoms with Crippen molar-refractivity contribution >= 4 is 21.4 Å². The van der Waals surface area contributed by atoms with Crippen LogP contribution in [0.2, 0.25) is 0 Å². The lowest BCUT2D eigenvalue weighted by molar-refractivity contribution is 0.135. The van der Waals surface area contributed by atoms with Gasteiger partial charge >= 0.3 is 0 Å². The fourth-order valence-corrected chi connectivity index (χ4v) is 3.10. The van der Waals surface area contributed by atoms with Crippen molar-refractivity contribution < 1.29 is 4.74 Å². The van der Waals surface area contributed by atoms with Gasteiger partial charge in [-0.15, -0.1) is 11.3 Å². The second-order valence-electron chi connectivity index (χ2n) is 4.37. The number of nitrogens with zero attached hydrogens (tertiary/aromatic N) is 1. The van der Waals surface area contributed by atoms with Gasteiger partial charge in [0, 0.05) is 22.7 Å². The summed E-state index contributed by atoms with van der Waals surface area (Å²) in [6, 6.07) is 8.61. The molecule has 92 valence electrons. The summed E-state index contributed by atoms with van der Waals surface area (Å²) in [7, 11) is 4.22. The van der Waals surface area contributed by atoms with Crippen molar-refractivity contribution in [1.82, 2.24) is 4.90 Å². The molecule has 0 aliphatic heterocycles. The lowest BCUT2D eigenvalue weighted by Crippen LogP contribution is -2.11.